The van der Waals surface area contributed by atoms with Crippen LogP contribution in [0.2, 0.25) is 0 Å². The van der Waals surface area contributed by atoms with Gasteiger partial charge in [0.05, 0.1) is 5.56 Å². The quantitative estimate of drug-likeness (QED) is 0.618. The molecule has 0 radical (unpaired) electrons. The minimum atomic E-state index is -1.39. The fourth-order valence-electron chi connectivity index (χ4n) is 2.53. The van der Waals surface area contributed by atoms with E-state index in [4.69, 9.17) is 15.2 Å². The molecule has 0 amide bonds. The lowest BCUT2D eigenvalue weighted by atomic mass is 10.1. The molecule has 1 aliphatic rings. The maximum Gasteiger partial charge on any atom is 0.351 e. The van der Waals surface area contributed by atoms with Gasteiger partial charge >= 0.3 is 11.7 Å². The molecule has 9 nitrogen and oxygen atoms in total. The zero-order valence-electron chi connectivity index (χ0n) is 13.1. The summed E-state index contributed by atoms with van der Waals surface area (Å²) in [5.41, 5.74) is 5.05. The molecule has 1 saturated heterocycles. The lowest BCUT2D eigenvalue weighted by Gasteiger charge is -2.16. The molecule has 1 unspecified atom stereocenters. The number of carbonyl (C=O) groups is 1. The fourth-order valence-corrected chi connectivity index (χ4v) is 2.53. The molecule has 9 heteroatoms. The van der Waals surface area contributed by atoms with Crippen molar-refractivity contribution in [1.82, 2.24) is 9.55 Å². The Hall–Kier alpha value is -2.75. The maximum absolute atomic E-state index is 11.9. The van der Waals surface area contributed by atoms with Crippen molar-refractivity contribution in [2.24, 2.45) is 0 Å². The van der Waals surface area contributed by atoms with Gasteiger partial charge in [-0.1, -0.05) is 18.2 Å². The van der Waals surface area contributed by atoms with Crippen LogP contribution in [0.3, 0.4) is 0 Å². The van der Waals surface area contributed by atoms with Gasteiger partial charge in [-0.15, -0.1) is 0 Å². The largest absolute Gasteiger partial charge is 0.459 e. The van der Waals surface area contributed by atoms with E-state index in [1.807, 2.05) is 0 Å². The van der Waals surface area contributed by atoms with Gasteiger partial charge in [0.15, 0.2) is 6.23 Å². The van der Waals surface area contributed by atoms with E-state index in [-0.39, 0.29) is 12.4 Å². The number of hydrogen-bond acceptors (Lipinski definition) is 8. The van der Waals surface area contributed by atoms with Crippen LogP contribution in [-0.2, 0) is 9.47 Å². The summed E-state index contributed by atoms with van der Waals surface area (Å²) in [7, 11) is 0. The molecule has 1 aliphatic heterocycles. The number of nitrogens with two attached hydrogens (primary N) is 1. The molecule has 1 aromatic carbocycles. The van der Waals surface area contributed by atoms with Crippen molar-refractivity contribution in [3.63, 3.8) is 0 Å². The number of aliphatic hydroxyl groups is 2. The molecule has 0 aliphatic carbocycles. The van der Waals surface area contributed by atoms with Crippen molar-refractivity contribution >= 4 is 11.8 Å². The number of anilines is 1. The first-order valence-electron chi connectivity index (χ1n) is 7.56. The van der Waals surface area contributed by atoms with Crippen molar-refractivity contribution in [1.29, 1.82) is 0 Å². The Morgan fingerprint density at radius 3 is 2.64 bits per heavy atom. The average molecular weight is 347 g/mol. The van der Waals surface area contributed by atoms with Crippen LogP contribution in [0.4, 0.5) is 5.82 Å². The molecule has 2 heterocycles. The van der Waals surface area contributed by atoms with Crippen LogP contribution in [0.1, 0.15) is 16.6 Å². The van der Waals surface area contributed by atoms with Gasteiger partial charge in [-0.3, -0.25) is 4.57 Å². The Kier molecular flexibility index (Phi) is 4.79. The Morgan fingerprint density at radius 2 is 1.96 bits per heavy atom. The van der Waals surface area contributed by atoms with Gasteiger partial charge in [-0.2, -0.15) is 4.98 Å². The van der Waals surface area contributed by atoms with Crippen LogP contribution < -0.4 is 11.4 Å². The summed E-state index contributed by atoms with van der Waals surface area (Å²) in [5, 5.41) is 20.2. The van der Waals surface area contributed by atoms with Gasteiger partial charge in [0, 0.05) is 6.20 Å². The van der Waals surface area contributed by atoms with Crippen LogP contribution in [0.25, 0.3) is 0 Å². The maximum atomic E-state index is 11.9. The Balaban J connectivity index is 1.68. The van der Waals surface area contributed by atoms with Gasteiger partial charge in [0.1, 0.15) is 30.7 Å². The molecule has 0 spiro atoms. The van der Waals surface area contributed by atoms with Crippen molar-refractivity contribution in [3.8, 4) is 0 Å². The molecule has 4 atom stereocenters. The SMILES string of the molecule is Nc1ccn(C2O[C@H](COC(=O)c3ccccc3)[C@@H](O)[C@@H]2O)c(=O)n1. The molecule has 3 rings (SSSR count). The molecule has 2 aromatic rings. The number of aromatic nitrogens is 2. The second-order valence-corrected chi connectivity index (χ2v) is 5.55. The van der Waals surface area contributed by atoms with E-state index < -0.39 is 36.2 Å². The molecule has 132 valence electrons. The van der Waals surface area contributed by atoms with Gasteiger partial charge in [-0.25, -0.2) is 9.59 Å². The molecule has 0 saturated carbocycles. The molecule has 1 fully saturated rings. The topological polar surface area (TPSA) is 137 Å². The van der Waals surface area contributed by atoms with Crippen molar-refractivity contribution in [3.05, 3.63) is 58.6 Å². The van der Waals surface area contributed by atoms with E-state index in [2.05, 4.69) is 4.98 Å². The molecule has 1 aromatic heterocycles. The number of carbonyl (C=O) groups excluding carboxylic acids is 1. The predicted molar refractivity (Wildman–Crippen MR) is 85.6 cm³/mol. The first kappa shape index (κ1) is 17.1. The molecular formula is C16H17N3O6. The molecule has 4 N–H and O–H groups in total. The summed E-state index contributed by atoms with van der Waals surface area (Å²) >= 11 is 0. The summed E-state index contributed by atoms with van der Waals surface area (Å²) in [6.07, 6.45) is -3.56. The number of esters is 1. The van der Waals surface area contributed by atoms with E-state index in [1.165, 1.54) is 12.3 Å². The number of aliphatic hydroxyl groups excluding tert-OH is 2. The van der Waals surface area contributed by atoms with Gasteiger partial charge in [-0.05, 0) is 18.2 Å². The number of hydrogen-bond donors (Lipinski definition) is 3. The van der Waals surface area contributed by atoms with Gasteiger partial charge < -0.3 is 25.4 Å². The summed E-state index contributed by atoms with van der Waals surface area (Å²) in [5.74, 6) is -0.553. The summed E-state index contributed by atoms with van der Waals surface area (Å²) in [6.45, 7) is -0.278. The summed E-state index contributed by atoms with van der Waals surface area (Å²) in [4.78, 5) is 27.3. The van der Waals surface area contributed by atoms with Gasteiger partial charge in [0.25, 0.3) is 0 Å². The van der Waals surface area contributed by atoms with Crippen LogP contribution in [0, 0.1) is 0 Å². The van der Waals surface area contributed by atoms with Crippen LogP contribution in [0.15, 0.2) is 47.4 Å². The normalized spacial score (nSPS) is 25.7. The first-order valence-corrected chi connectivity index (χ1v) is 7.56. The minimum Gasteiger partial charge on any atom is -0.459 e. The monoisotopic (exact) mass is 347 g/mol. The lowest BCUT2D eigenvalue weighted by Crippen LogP contribution is -2.36. The molecular weight excluding hydrogens is 330 g/mol. The third kappa shape index (κ3) is 3.53. The smallest absolute Gasteiger partial charge is 0.351 e. The second-order valence-electron chi connectivity index (χ2n) is 5.55. The van der Waals surface area contributed by atoms with Crippen LogP contribution in [0.5, 0.6) is 0 Å². The molecule has 0 bridgehead atoms. The third-order valence-electron chi connectivity index (χ3n) is 3.85. The Labute approximate surface area is 142 Å². The van der Waals surface area contributed by atoms with Crippen LogP contribution in [-0.4, -0.2) is 50.7 Å². The summed E-state index contributed by atoms with van der Waals surface area (Å²) < 4.78 is 11.6. The van der Waals surface area contributed by atoms with E-state index in [0.29, 0.717) is 5.56 Å². The number of nitrogens with zero attached hydrogens (tertiary/aromatic N) is 2. The van der Waals surface area contributed by atoms with Crippen molar-refractivity contribution < 1.29 is 24.5 Å². The lowest BCUT2D eigenvalue weighted by molar-refractivity contribution is -0.0598. The van der Waals surface area contributed by atoms with Crippen molar-refractivity contribution in [2.75, 3.05) is 12.3 Å². The predicted octanol–water partition coefficient (Wildman–Crippen LogP) is -0.698. The second kappa shape index (κ2) is 7.01. The van der Waals surface area contributed by atoms with E-state index in [0.717, 1.165) is 4.57 Å². The van der Waals surface area contributed by atoms with Crippen molar-refractivity contribution in [2.45, 2.75) is 24.5 Å². The number of nitrogen functional groups attached to an aromatic ring is 1. The Morgan fingerprint density at radius 1 is 1.24 bits per heavy atom. The first-order chi connectivity index (χ1) is 12.0. The highest BCUT2D eigenvalue weighted by molar-refractivity contribution is 5.89. The average Bonchev–Trinajstić information content (AvgIpc) is 2.89. The van der Waals surface area contributed by atoms with E-state index in [1.54, 1.807) is 30.3 Å². The highest BCUT2D eigenvalue weighted by Crippen LogP contribution is 2.28. The van der Waals surface area contributed by atoms with E-state index in [9.17, 15) is 19.8 Å². The number of ether oxygens (including phenoxy) is 2. The zero-order chi connectivity index (χ0) is 18.0. The van der Waals surface area contributed by atoms with Gasteiger partial charge in [0.2, 0.25) is 0 Å². The summed E-state index contributed by atoms with van der Waals surface area (Å²) in [6, 6.07) is 9.69. The zero-order valence-corrected chi connectivity index (χ0v) is 13.1. The number of rotatable bonds is 4. The number of benzene rings is 1. The molecule has 25 heavy (non-hydrogen) atoms. The minimum absolute atomic E-state index is 0.0302. The van der Waals surface area contributed by atoms with Crippen LogP contribution >= 0.6 is 0 Å². The highest BCUT2D eigenvalue weighted by atomic mass is 16.6. The highest BCUT2D eigenvalue weighted by Gasteiger charge is 2.44. The third-order valence-corrected chi connectivity index (χ3v) is 3.85. The standard InChI is InChI=1S/C16H17N3O6/c17-11-6-7-19(16(23)18-11)14-13(21)12(20)10(25-14)8-24-15(22)9-4-2-1-3-5-9/h1-7,10,12-14,20-21H,8H2,(H2,17,18,23)/t10-,12-,13+,14?/m1/s1. The van der Waals surface area contributed by atoms with E-state index >= 15 is 0 Å². The fraction of sp³-hybridized carbons (Fsp3) is 0.312. The Bertz CT molecular complexity index is 809.